The zero-order valence-corrected chi connectivity index (χ0v) is 25.9. The van der Waals surface area contributed by atoms with Crippen molar-refractivity contribution in [1.29, 1.82) is 0 Å². The SMILES string of the molecule is CO[C@H](CC(=O)N[C@@H](Cc1ccccc1)C(N)=O)[C@H](C(C)C)N(C)C(=O)[C@@H](NC(=O)[C@H](C(C)C)N(C)C)C(C)C. The van der Waals surface area contributed by atoms with Crippen molar-refractivity contribution in [3.8, 4) is 0 Å². The van der Waals surface area contributed by atoms with Gasteiger partial charge >= 0.3 is 0 Å². The molecular weight excluding hydrogens is 510 g/mol. The molecule has 4 amide bonds. The van der Waals surface area contributed by atoms with Crippen LogP contribution in [0.25, 0.3) is 0 Å². The molecule has 40 heavy (non-hydrogen) atoms. The van der Waals surface area contributed by atoms with E-state index in [9.17, 15) is 19.2 Å². The van der Waals surface area contributed by atoms with Crippen LogP contribution in [0.1, 0.15) is 53.5 Å². The van der Waals surface area contributed by atoms with Gasteiger partial charge in [0.15, 0.2) is 0 Å². The number of hydrogen-bond acceptors (Lipinski definition) is 6. The van der Waals surface area contributed by atoms with Crippen LogP contribution in [0.3, 0.4) is 0 Å². The Hall–Kier alpha value is -2.98. The van der Waals surface area contributed by atoms with Crippen LogP contribution in [0.5, 0.6) is 0 Å². The molecule has 0 bridgehead atoms. The van der Waals surface area contributed by atoms with Gasteiger partial charge in [-0.3, -0.25) is 24.1 Å². The molecule has 1 aromatic carbocycles. The van der Waals surface area contributed by atoms with Gasteiger partial charge in [0.25, 0.3) is 0 Å². The maximum Gasteiger partial charge on any atom is 0.245 e. The number of nitrogens with two attached hydrogens (primary N) is 1. The van der Waals surface area contributed by atoms with Crippen molar-refractivity contribution in [3.05, 3.63) is 35.9 Å². The second-order valence-corrected chi connectivity index (χ2v) is 11.8. The average molecular weight is 562 g/mol. The van der Waals surface area contributed by atoms with Crippen molar-refractivity contribution in [1.82, 2.24) is 20.4 Å². The summed E-state index contributed by atoms with van der Waals surface area (Å²) >= 11 is 0. The van der Waals surface area contributed by atoms with Crippen molar-refractivity contribution in [3.63, 3.8) is 0 Å². The number of nitrogens with one attached hydrogen (secondary N) is 2. The zero-order chi connectivity index (χ0) is 30.7. The highest BCUT2D eigenvalue weighted by atomic mass is 16.5. The minimum atomic E-state index is -0.879. The van der Waals surface area contributed by atoms with Gasteiger partial charge in [0.2, 0.25) is 23.6 Å². The number of ether oxygens (including phenoxy) is 1. The van der Waals surface area contributed by atoms with E-state index in [1.807, 2.05) is 90.9 Å². The Labute approximate surface area is 240 Å². The monoisotopic (exact) mass is 561 g/mol. The highest BCUT2D eigenvalue weighted by Crippen LogP contribution is 2.21. The number of likely N-dealkylation sites (N-methyl/N-ethyl adjacent to an activating group) is 2. The Balaban J connectivity index is 3.09. The lowest BCUT2D eigenvalue weighted by Crippen LogP contribution is -2.59. The van der Waals surface area contributed by atoms with E-state index >= 15 is 0 Å². The Morgan fingerprint density at radius 1 is 0.875 bits per heavy atom. The van der Waals surface area contributed by atoms with Crippen LogP contribution in [-0.2, 0) is 30.3 Å². The quantitative estimate of drug-likeness (QED) is 0.282. The summed E-state index contributed by atoms with van der Waals surface area (Å²) in [5.41, 5.74) is 6.45. The molecule has 0 aliphatic rings. The van der Waals surface area contributed by atoms with Crippen LogP contribution in [0.4, 0.5) is 0 Å². The summed E-state index contributed by atoms with van der Waals surface area (Å²) in [5, 5.41) is 5.70. The van der Waals surface area contributed by atoms with Gasteiger partial charge in [-0.2, -0.15) is 0 Å². The third-order valence-electron chi connectivity index (χ3n) is 7.20. The Morgan fingerprint density at radius 2 is 1.45 bits per heavy atom. The third-order valence-corrected chi connectivity index (χ3v) is 7.20. The molecule has 0 saturated heterocycles. The lowest BCUT2D eigenvalue weighted by atomic mass is 9.92. The Morgan fingerprint density at radius 3 is 1.88 bits per heavy atom. The molecule has 0 heterocycles. The van der Waals surface area contributed by atoms with Gasteiger partial charge in [-0.1, -0.05) is 71.9 Å². The van der Waals surface area contributed by atoms with Crippen molar-refractivity contribution < 1.29 is 23.9 Å². The van der Waals surface area contributed by atoms with E-state index in [0.29, 0.717) is 0 Å². The first-order valence-corrected chi connectivity index (χ1v) is 14.0. The van der Waals surface area contributed by atoms with E-state index in [1.165, 1.54) is 7.11 Å². The fraction of sp³-hybridized carbons (Fsp3) is 0.667. The fourth-order valence-electron chi connectivity index (χ4n) is 5.23. The molecule has 0 fully saturated rings. The van der Waals surface area contributed by atoms with Crippen LogP contribution in [0.15, 0.2) is 30.3 Å². The Kier molecular flexibility index (Phi) is 14.3. The van der Waals surface area contributed by atoms with Gasteiger partial charge in [-0.15, -0.1) is 0 Å². The molecule has 0 spiro atoms. The summed E-state index contributed by atoms with van der Waals surface area (Å²) in [4.78, 5) is 55.5. The standard InChI is InChI=1S/C30H51N5O5/c1-18(2)25(33-29(38)27(20(5)6)34(7)8)30(39)35(9)26(19(3)4)23(40-10)17-24(36)32-22(28(31)37)16-21-14-12-11-13-15-21/h11-15,18-20,22-23,25-27H,16-17H2,1-10H3,(H2,31,37)(H,32,36)(H,33,38)/t22-,23+,25-,26-,27-/m0/s1. The molecule has 0 unspecified atom stereocenters. The number of carbonyl (C=O) groups is 4. The highest BCUT2D eigenvalue weighted by molar-refractivity contribution is 5.90. The van der Waals surface area contributed by atoms with Crippen LogP contribution in [0, 0.1) is 17.8 Å². The molecule has 4 N–H and O–H groups in total. The van der Waals surface area contributed by atoms with Gasteiger partial charge in [-0.25, -0.2) is 0 Å². The molecule has 10 heteroatoms. The number of carbonyl (C=O) groups excluding carboxylic acids is 4. The predicted molar refractivity (Wildman–Crippen MR) is 157 cm³/mol. The highest BCUT2D eigenvalue weighted by Gasteiger charge is 2.38. The smallest absolute Gasteiger partial charge is 0.245 e. The van der Waals surface area contributed by atoms with E-state index in [2.05, 4.69) is 10.6 Å². The third kappa shape index (κ3) is 10.2. The summed E-state index contributed by atoms with van der Waals surface area (Å²) in [5.74, 6) is -1.69. The summed E-state index contributed by atoms with van der Waals surface area (Å²) in [6.07, 6.45) is -0.469. The zero-order valence-electron chi connectivity index (χ0n) is 25.9. The van der Waals surface area contributed by atoms with E-state index in [4.69, 9.17) is 10.5 Å². The van der Waals surface area contributed by atoms with Crippen molar-refractivity contribution in [2.75, 3.05) is 28.3 Å². The maximum atomic E-state index is 13.8. The number of primary amides is 1. The maximum absolute atomic E-state index is 13.8. The molecule has 226 valence electrons. The fourth-order valence-corrected chi connectivity index (χ4v) is 5.23. The first kappa shape index (κ1) is 35.0. The number of rotatable bonds is 16. The number of methoxy groups -OCH3 is 1. The van der Waals surface area contributed by atoms with E-state index in [0.717, 1.165) is 5.56 Å². The van der Waals surface area contributed by atoms with Gasteiger partial charge in [0.05, 0.1) is 24.6 Å². The van der Waals surface area contributed by atoms with Crippen LogP contribution >= 0.6 is 0 Å². The summed E-state index contributed by atoms with van der Waals surface area (Å²) < 4.78 is 5.73. The topological polar surface area (TPSA) is 134 Å². The second kappa shape index (κ2) is 16.3. The van der Waals surface area contributed by atoms with Crippen molar-refractivity contribution >= 4 is 23.6 Å². The summed E-state index contributed by atoms with van der Waals surface area (Å²) in [6.45, 7) is 11.6. The van der Waals surface area contributed by atoms with Gasteiger partial charge in [0, 0.05) is 20.6 Å². The van der Waals surface area contributed by atoms with Crippen molar-refractivity contribution in [2.24, 2.45) is 23.5 Å². The number of nitrogens with zero attached hydrogens (tertiary/aromatic N) is 2. The largest absolute Gasteiger partial charge is 0.379 e. The molecule has 0 aliphatic carbocycles. The average Bonchev–Trinajstić information content (AvgIpc) is 2.85. The predicted octanol–water partition coefficient (Wildman–Crippen LogP) is 1.81. The van der Waals surface area contributed by atoms with Crippen LogP contribution < -0.4 is 16.4 Å². The minimum absolute atomic E-state index is 0.0570. The van der Waals surface area contributed by atoms with Gasteiger partial charge in [0.1, 0.15) is 12.1 Å². The van der Waals surface area contributed by atoms with E-state index in [1.54, 1.807) is 11.9 Å². The Bertz CT molecular complexity index is 958. The van der Waals surface area contributed by atoms with Gasteiger partial charge < -0.3 is 26.0 Å². The molecule has 0 saturated carbocycles. The number of amides is 4. The molecular formula is C30H51N5O5. The number of hydrogen-bond donors (Lipinski definition) is 3. The molecule has 0 aromatic heterocycles. The molecule has 1 aromatic rings. The minimum Gasteiger partial charge on any atom is -0.379 e. The first-order valence-electron chi connectivity index (χ1n) is 14.0. The second-order valence-electron chi connectivity index (χ2n) is 11.8. The molecule has 1 rings (SSSR count). The summed E-state index contributed by atoms with van der Waals surface area (Å²) in [6, 6.07) is 6.81. The molecule has 5 atom stereocenters. The van der Waals surface area contributed by atoms with Crippen molar-refractivity contribution in [2.45, 2.75) is 84.7 Å². The van der Waals surface area contributed by atoms with Crippen LogP contribution in [0.2, 0.25) is 0 Å². The molecule has 0 aliphatic heterocycles. The normalized spacial score (nSPS) is 15.4. The van der Waals surface area contributed by atoms with Gasteiger partial charge in [-0.05, 0) is 37.4 Å². The van der Waals surface area contributed by atoms with E-state index < -0.39 is 36.0 Å². The lowest BCUT2D eigenvalue weighted by molar-refractivity contribution is -0.144. The summed E-state index contributed by atoms with van der Waals surface area (Å²) in [7, 11) is 6.85. The van der Waals surface area contributed by atoms with Crippen LogP contribution in [-0.4, -0.2) is 92.0 Å². The van der Waals surface area contributed by atoms with E-state index in [-0.39, 0.29) is 48.5 Å². The first-order chi connectivity index (χ1) is 18.6. The molecule has 10 nitrogen and oxygen atoms in total. The lowest BCUT2D eigenvalue weighted by Gasteiger charge is -2.39. The number of benzene rings is 1. The molecule has 0 radical (unpaired) electrons.